The van der Waals surface area contributed by atoms with Crippen LogP contribution in [0.5, 0.6) is 0 Å². The number of carbonyl (C=O) groups is 3. The average molecular weight is 186 g/mol. The fraction of sp³-hybridized carbons (Fsp3) is 0.571. The highest BCUT2D eigenvalue weighted by atomic mass is 16.6. The highest BCUT2D eigenvalue weighted by Crippen LogP contribution is 2.17. The van der Waals surface area contributed by atoms with Crippen molar-refractivity contribution >= 4 is 17.8 Å². The molecule has 0 aromatic rings. The van der Waals surface area contributed by atoms with Crippen molar-refractivity contribution < 1.29 is 19.1 Å². The Morgan fingerprint density at radius 3 is 2.54 bits per heavy atom. The summed E-state index contributed by atoms with van der Waals surface area (Å²) in [6.45, 7) is 2.52. The molecule has 1 N–H and O–H groups in total. The number of hydrogen-bond donors (Lipinski definition) is 1. The maximum Gasteiger partial charge on any atom is 0.304 e. The minimum absolute atomic E-state index is 0.125. The minimum Gasteiger partial charge on any atom is -0.439 e. The number of nitrogens with one attached hydrogen (secondary N) is 1. The van der Waals surface area contributed by atoms with Crippen LogP contribution >= 0.6 is 0 Å². The number of nitrogens with zero attached hydrogens (tertiary/aromatic N) is 1. The van der Waals surface area contributed by atoms with Crippen molar-refractivity contribution in [1.82, 2.24) is 10.4 Å². The summed E-state index contributed by atoms with van der Waals surface area (Å²) in [5.41, 5.74) is 2.25. The fourth-order valence-electron chi connectivity index (χ4n) is 0.977. The smallest absolute Gasteiger partial charge is 0.304 e. The Balaban J connectivity index is 2.46. The molecule has 6 heteroatoms. The van der Waals surface area contributed by atoms with Gasteiger partial charge in [-0.15, -0.1) is 0 Å². The number of hydrazine groups is 1. The molecule has 2 amide bonds. The number of hydrogen-bond acceptors (Lipinski definition) is 4. The monoisotopic (exact) mass is 186 g/mol. The Kier molecular flexibility index (Phi) is 2.50. The molecule has 0 radical (unpaired) electrons. The first kappa shape index (κ1) is 9.50. The summed E-state index contributed by atoms with van der Waals surface area (Å²) in [4.78, 5) is 32.0. The summed E-state index contributed by atoms with van der Waals surface area (Å²) in [6, 6.07) is 0. The van der Waals surface area contributed by atoms with Crippen molar-refractivity contribution in [2.45, 2.75) is 26.5 Å². The summed E-state index contributed by atoms with van der Waals surface area (Å²) in [5.74, 6) is -1.11. The van der Waals surface area contributed by atoms with Crippen molar-refractivity contribution in [3.63, 3.8) is 0 Å². The molecule has 1 heterocycles. The second kappa shape index (κ2) is 3.42. The standard InChI is InChI=1S/C7H10N2O4/c1-4(10)8-9-6(12)3-7(9)13-5(2)11/h7H,3H2,1-2H3,(H,8,10)/t7-/m1/s1. The number of carbonyl (C=O) groups excluding carboxylic acids is 3. The molecule has 0 saturated carbocycles. The number of amides is 2. The van der Waals surface area contributed by atoms with Gasteiger partial charge in [-0.3, -0.25) is 19.8 Å². The van der Waals surface area contributed by atoms with E-state index in [1.165, 1.54) is 13.8 Å². The molecule has 1 fully saturated rings. The predicted octanol–water partition coefficient (Wildman–Crippen LogP) is -0.841. The van der Waals surface area contributed by atoms with Gasteiger partial charge < -0.3 is 4.74 Å². The molecule has 0 aromatic heterocycles. The van der Waals surface area contributed by atoms with Gasteiger partial charge in [-0.05, 0) is 0 Å². The maximum absolute atomic E-state index is 10.9. The lowest BCUT2D eigenvalue weighted by Gasteiger charge is -2.38. The van der Waals surface area contributed by atoms with E-state index in [0.717, 1.165) is 5.01 Å². The summed E-state index contributed by atoms with van der Waals surface area (Å²) in [7, 11) is 0. The topological polar surface area (TPSA) is 75.7 Å². The van der Waals surface area contributed by atoms with Crippen LogP contribution in [-0.4, -0.2) is 29.0 Å². The average Bonchev–Trinajstić information content (AvgIpc) is 1.99. The maximum atomic E-state index is 10.9. The van der Waals surface area contributed by atoms with Crippen LogP contribution in [-0.2, 0) is 19.1 Å². The van der Waals surface area contributed by atoms with E-state index in [0.29, 0.717) is 0 Å². The molecular formula is C7H10N2O4. The summed E-state index contributed by atoms with van der Waals surface area (Å²) >= 11 is 0. The van der Waals surface area contributed by atoms with Crippen molar-refractivity contribution in [1.29, 1.82) is 0 Å². The van der Waals surface area contributed by atoms with Crippen molar-refractivity contribution in [3.8, 4) is 0 Å². The van der Waals surface area contributed by atoms with Crippen LogP contribution in [0.25, 0.3) is 0 Å². The molecule has 0 bridgehead atoms. The van der Waals surface area contributed by atoms with E-state index in [1.807, 2.05) is 0 Å². The Morgan fingerprint density at radius 1 is 1.54 bits per heavy atom. The zero-order valence-corrected chi connectivity index (χ0v) is 7.36. The second-order valence-corrected chi connectivity index (χ2v) is 2.70. The number of esters is 1. The van der Waals surface area contributed by atoms with Gasteiger partial charge >= 0.3 is 5.97 Å². The van der Waals surface area contributed by atoms with Gasteiger partial charge in [0.25, 0.3) is 0 Å². The van der Waals surface area contributed by atoms with Gasteiger partial charge in [0.15, 0.2) is 0 Å². The molecule has 1 aliphatic rings. The van der Waals surface area contributed by atoms with Crippen LogP contribution in [0.4, 0.5) is 0 Å². The van der Waals surface area contributed by atoms with Gasteiger partial charge in [0.2, 0.25) is 18.0 Å². The second-order valence-electron chi connectivity index (χ2n) is 2.70. The van der Waals surface area contributed by atoms with Crippen molar-refractivity contribution in [2.75, 3.05) is 0 Å². The molecule has 0 spiro atoms. The first-order valence-electron chi connectivity index (χ1n) is 3.77. The van der Waals surface area contributed by atoms with Gasteiger partial charge in [-0.25, -0.2) is 5.01 Å². The molecule has 1 rings (SSSR count). The van der Waals surface area contributed by atoms with Crippen molar-refractivity contribution in [2.24, 2.45) is 0 Å². The van der Waals surface area contributed by atoms with Gasteiger partial charge in [0.1, 0.15) is 0 Å². The first-order chi connectivity index (χ1) is 6.00. The zero-order chi connectivity index (χ0) is 10.0. The van der Waals surface area contributed by atoms with E-state index in [4.69, 9.17) is 4.74 Å². The van der Waals surface area contributed by atoms with Crippen LogP contribution in [0.3, 0.4) is 0 Å². The third kappa shape index (κ3) is 2.17. The fourth-order valence-corrected chi connectivity index (χ4v) is 0.977. The van der Waals surface area contributed by atoms with E-state index in [2.05, 4.69) is 5.43 Å². The van der Waals surface area contributed by atoms with Crippen LogP contribution in [0.15, 0.2) is 0 Å². The molecule has 72 valence electrons. The normalized spacial score (nSPS) is 20.6. The molecular weight excluding hydrogens is 176 g/mol. The lowest BCUT2D eigenvalue weighted by molar-refractivity contribution is -0.191. The predicted molar refractivity (Wildman–Crippen MR) is 40.8 cm³/mol. The summed E-state index contributed by atoms with van der Waals surface area (Å²) in [6.07, 6.45) is -0.520. The molecule has 6 nitrogen and oxygen atoms in total. The highest BCUT2D eigenvalue weighted by Gasteiger charge is 2.39. The third-order valence-corrected chi connectivity index (χ3v) is 1.49. The van der Waals surface area contributed by atoms with E-state index in [1.54, 1.807) is 0 Å². The molecule has 1 aliphatic heterocycles. The van der Waals surface area contributed by atoms with Crippen molar-refractivity contribution in [3.05, 3.63) is 0 Å². The Hall–Kier alpha value is -1.59. The molecule has 13 heavy (non-hydrogen) atoms. The van der Waals surface area contributed by atoms with Gasteiger partial charge in [-0.2, -0.15) is 0 Å². The van der Waals surface area contributed by atoms with E-state index in [-0.39, 0.29) is 18.2 Å². The largest absolute Gasteiger partial charge is 0.439 e. The lowest BCUT2D eigenvalue weighted by Crippen LogP contribution is -2.61. The zero-order valence-electron chi connectivity index (χ0n) is 7.36. The van der Waals surface area contributed by atoms with Crippen LogP contribution in [0, 0.1) is 0 Å². The molecule has 0 aromatic carbocycles. The number of rotatable bonds is 2. The van der Waals surface area contributed by atoms with Gasteiger partial charge in [-0.1, -0.05) is 0 Å². The molecule has 0 aliphatic carbocycles. The Bertz CT molecular complexity index is 263. The molecule has 1 saturated heterocycles. The van der Waals surface area contributed by atoms with Crippen LogP contribution < -0.4 is 5.43 Å². The lowest BCUT2D eigenvalue weighted by atomic mass is 10.2. The SMILES string of the molecule is CC(=O)NN1C(=O)C[C@H]1OC(C)=O. The molecule has 0 unspecified atom stereocenters. The minimum atomic E-state index is -0.645. The highest BCUT2D eigenvalue weighted by molar-refractivity contribution is 5.86. The third-order valence-electron chi connectivity index (χ3n) is 1.49. The van der Waals surface area contributed by atoms with E-state index >= 15 is 0 Å². The summed E-state index contributed by atoms with van der Waals surface area (Å²) < 4.78 is 4.72. The van der Waals surface area contributed by atoms with Crippen LogP contribution in [0.2, 0.25) is 0 Å². The number of ether oxygens (including phenoxy) is 1. The Labute approximate surface area is 74.8 Å². The first-order valence-corrected chi connectivity index (χ1v) is 3.77. The van der Waals surface area contributed by atoms with Crippen LogP contribution in [0.1, 0.15) is 20.3 Å². The van der Waals surface area contributed by atoms with E-state index < -0.39 is 12.2 Å². The molecule has 1 atom stereocenters. The number of β-lactam (4-membered cyclic amide) rings is 1. The Morgan fingerprint density at radius 2 is 2.15 bits per heavy atom. The quantitative estimate of drug-likeness (QED) is 0.450. The van der Waals surface area contributed by atoms with Gasteiger partial charge in [0, 0.05) is 13.8 Å². The summed E-state index contributed by atoms with van der Waals surface area (Å²) in [5, 5.41) is 1.00. The van der Waals surface area contributed by atoms with E-state index in [9.17, 15) is 14.4 Å². The van der Waals surface area contributed by atoms with Gasteiger partial charge in [0.05, 0.1) is 6.42 Å².